The Bertz CT molecular complexity index is 1300. The molecule has 3 aromatic carbocycles. The van der Waals surface area contributed by atoms with Crippen LogP contribution in [0.15, 0.2) is 71.6 Å². The maximum Gasteiger partial charge on any atom is 0.573 e. The van der Waals surface area contributed by atoms with Crippen LogP contribution in [-0.2, 0) is 21.4 Å². The van der Waals surface area contributed by atoms with Crippen LogP contribution in [0, 0.1) is 0 Å². The first-order valence-electron chi connectivity index (χ1n) is 10.4. The van der Waals surface area contributed by atoms with Gasteiger partial charge in [0.2, 0.25) is 0 Å². The molecular formula is C23H20ClF3N2O6S. The molecule has 4 rings (SSSR count). The molecule has 0 atom stereocenters. The standard InChI is InChI=1S/C23H20ClF3N2O6S/c1-32-20-8-11-22-16(14-20)15-28(34-13-12-33-18-4-2-17(24)3-5-18)29(22)36(30,31)21-9-6-19(7-10-21)35-23(25,26)27/h2-11,14H,12-13,15H2,1H3. The van der Waals surface area contributed by atoms with E-state index in [2.05, 4.69) is 4.74 Å². The largest absolute Gasteiger partial charge is 0.573 e. The van der Waals surface area contributed by atoms with Crippen molar-refractivity contribution in [1.29, 1.82) is 0 Å². The minimum Gasteiger partial charge on any atom is -0.497 e. The molecule has 0 N–H and O–H groups in total. The third-order valence-electron chi connectivity index (χ3n) is 4.99. The lowest BCUT2D eigenvalue weighted by Gasteiger charge is -2.28. The van der Waals surface area contributed by atoms with Crippen LogP contribution in [0.2, 0.25) is 5.02 Å². The minimum atomic E-state index is -4.90. The van der Waals surface area contributed by atoms with Crippen molar-refractivity contribution in [1.82, 2.24) is 5.17 Å². The topological polar surface area (TPSA) is 77.5 Å². The highest BCUT2D eigenvalue weighted by Crippen LogP contribution is 2.38. The summed E-state index contributed by atoms with van der Waals surface area (Å²) < 4.78 is 80.0. The molecule has 0 aromatic heterocycles. The van der Waals surface area contributed by atoms with E-state index in [-0.39, 0.29) is 24.7 Å². The number of fused-ring (bicyclic) bond motifs is 1. The van der Waals surface area contributed by atoms with Crippen LogP contribution in [-0.4, -0.2) is 40.3 Å². The van der Waals surface area contributed by atoms with Crippen molar-refractivity contribution in [3.8, 4) is 17.2 Å². The number of methoxy groups -OCH3 is 1. The van der Waals surface area contributed by atoms with Gasteiger partial charge in [-0.15, -0.1) is 13.2 Å². The monoisotopic (exact) mass is 544 g/mol. The fourth-order valence-corrected chi connectivity index (χ4v) is 5.01. The van der Waals surface area contributed by atoms with Crippen molar-refractivity contribution < 1.29 is 40.6 Å². The van der Waals surface area contributed by atoms with Gasteiger partial charge in [-0.25, -0.2) is 0 Å². The molecule has 0 saturated carbocycles. The van der Waals surface area contributed by atoms with Crippen LogP contribution in [0.4, 0.5) is 18.9 Å². The Morgan fingerprint density at radius 2 is 1.56 bits per heavy atom. The summed E-state index contributed by atoms with van der Waals surface area (Å²) in [5, 5.41) is 1.70. The molecule has 0 bridgehead atoms. The van der Waals surface area contributed by atoms with Crippen LogP contribution in [0.3, 0.4) is 0 Å². The molecule has 3 aromatic rings. The molecule has 1 heterocycles. The lowest BCUT2D eigenvalue weighted by Crippen LogP contribution is -2.42. The first-order chi connectivity index (χ1) is 17.1. The van der Waals surface area contributed by atoms with E-state index in [4.69, 9.17) is 25.9 Å². The molecule has 0 fully saturated rings. The predicted octanol–water partition coefficient (Wildman–Crippen LogP) is 5.18. The van der Waals surface area contributed by atoms with Crippen molar-refractivity contribution in [2.75, 3.05) is 24.7 Å². The Morgan fingerprint density at radius 3 is 2.19 bits per heavy atom. The van der Waals surface area contributed by atoms with Crippen LogP contribution in [0.25, 0.3) is 0 Å². The number of hydrogen-bond acceptors (Lipinski definition) is 7. The lowest BCUT2D eigenvalue weighted by molar-refractivity contribution is -0.274. The van der Waals surface area contributed by atoms with Gasteiger partial charge >= 0.3 is 6.36 Å². The highest BCUT2D eigenvalue weighted by Gasteiger charge is 2.39. The van der Waals surface area contributed by atoms with Gasteiger partial charge in [-0.2, -0.15) is 12.8 Å². The van der Waals surface area contributed by atoms with Crippen LogP contribution < -0.4 is 18.6 Å². The Kier molecular flexibility index (Phi) is 7.50. The number of alkyl halides is 3. The molecule has 192 valence electrons. The second kappa shape index (κ2) is 10.4. The zero-order valence-electron chi connectivity index (χ0n) is 18.7. The molecule has 1 aliphatic heterocycles. The van der Waals surface area contributed by atoms with Crippen molar-refractivity contribution in [2.24, 2.45) is 0 Å². The third-order valence-corrected chi connectivity index (χ3v) is 6.94. The number of hydrazine groups is 1. The lowest BCUT2D eigenvalue weighted by atomic mass is 10.2. The second-order valence-corrected chi connectivity index (χ2v) is 9.61. The zero-order chi connectivity index (χ0) is 25.9. The molecular weight excluding hydrogens is 525 g/mol. The number of nitrogens with zero attached hydrogens (tertiary/aromatic N) is 2. The van der Waals surface area contributed by atoms with Crippen LogP contribution in [0.5, 0.6) is 17.2 Å². The molecule has 0 amide bonds. The van der Waals surface area contributed by atoms with E-state index in [1.165, 1.54) is 7.11 Å². The fraction of sp³-hybridized carbons (Fsp3) is 0.217. The highest BCUT2D eigenvalue weighted by atomic mass is 35.5. The maximum absolute atomic E-state index is 13.5. The van der Waals surface area contributed by atoms with Crippen molar-refractivity contribution >= 4 is 27.3 Å². The average molecular weight is 545 g/mol. The smallest absolute Gasteiger partial charge is 0.497 e. The molecule has 36 heavy (non-hydrogen) atoms. The summed E-state index contributed by atoms with van der Waals surface area (Å²) in [6.45, 7) is 0.176. The van der Waals surface area contributed by atoms with Crippen molar-refractivity contribution in [2.45, 2.75) is 17.8 Å². The minimum absolute atomic E-state index is 0.00185. The number of ether oxygens (including phenoxy) is 3. The van der Waals surface area contributed by atoms with E-state index in [1.54, 1.807) is 42.5 Å². The molecule has 0 saturated heterocycles. The Morgan fingerprint density at radius 1 is 0.917 bits per heavy atom. The molecule has 0 spiro atoms. The second-order valence-electron chi connectivity index (χ2n) is 7.41. The summed E-state index contributed by atoms with van der Waals surface area (Å²) in [5.74, 6) is 0.538. The quantitative estimate of drug-likeness (QED) is 0.343. The average Bonchev–Trinajstić information content (AvgIpc) is 3.20. The summed E-state index contributed by atoms with van der Waals surface area (Å²) in [6, 6.07) is 15.4. The Hall–Kier alpha value is -3.19. The van der Waals surface area contributed by atoms with Crippen LogP contribution in [0.1, 0.15) is 5.56 Å². The molecule has 8 nitrogen and oxygen atoms in total. The SMILES string of the molecule is COc1ccc2c(c1)CN(OCCOc1ccc(Cl)cc1)N2S(=O)(=O)c1ccc(OC(F)(F)F)cc1. The van der Waals surface area contributed by atoms with Gasteiger partial charge in [0, 0.05) is 10.6 Å². The normalized spacial score (nSPS) is 14.0. The number of hydroxylamine groups is 1. The summed E-state index contributed by atoms with van der Waals surface area (Å²) in [5.41, 5.74) is 0.915. The number of sulfonamides is 1. The van der Waals surface area contributed by atoms with Gasteiger partial charge in [0.1, 0.15) is 30.5 Å². The molecule has 0 aliphatic carbocycles. The number of halogens is 4. The molecule has 13 heteroatoms. The summed E-state index contributed by atoms with van der Waals surface area (Å²) >= 11 is 5.86. The van der Waals surface area contributed by atoms with Crippen LogP contribution >= 0.6 is 11.6 Å². The van der Waals surface area contributed by atoms with E-state index in [1.807, 2.05) is 0 Å². The van der Waals surface area contributed by atoms with Gasteiger partial charge in [0.15, 0.2) is 0 Å². The van der Waals surface area contributed by atoms with E-state index in [9.17, 15) is 21.6 Å². The van der Waals surface area contributed by atoms with Gasteiger partial charge < -0.3 is 14.2 Å². The Balaban J connectivity index is 1.54. The molecule has 1 aliphatic rings. The number of rotatable bonds is 9. The maximum atomic E-state index is 13.5. The fourth-order valence-electron chi connectivity index (χ4n) is 3.43. The van der Waals surface area contributed by atoms with E-state index >= 15 is 0 Å². The Labute approximate surface area is 210 Å². The van der Waals surface area contributed by atoms with Gasteiger partial charge in [0.05, 0.1) is 24.2 Å². The van der Waals surface area contributed by atoms with E-state index in [0.29, 0.717) is 27.8 Å². The van der Waals surface area contributed by atoms with Gasteiger partial charge in [0.25, 0.3) is 10.0 Å². The number of hydrogen-bond donors (Lipinski definition) is 0. The summed E-state index contributed by atoms with van der Waals surface area (Å²) in [4.78, 5) is 5.47. The van der Waals surface area contributed by atoms with Crippen molar-refractivity contribution in [3.05, 3.63) is 77.3 Å². The van der Waals surface area contributed by atoms with Gasteiger partial charge in [-0.3, -0.25) is 4.84 Å². The van der Waals surface area contributed by atoms with Crippen molar-refractivity contribution in [3.63, 3.8) is 0 Å². The number of benzene rings is 3. The zero-order valence-corrected chi connectivity index (χ0v) is 20.3. The third kappa shape index (κ3) is 5.95. The van der Waals surface area contributed by atoms with E-state index in [0.717, 1.165) is 33.9 Å². The van der Waals surface area contributed by atoms with Gasteiger partial charge in [-0.1, -0.05) is 16.8 Å². The van der Waals surface area contributed by atoms with Gasteiger partial charge in [-0.05, 0) is 66.7 Å². The predicted molar refractivity (Wildman–Crippen MR) is 124 cm³/mol. The number of anilines is 1. The summed E-state index contributed by atoms with van der Waals surface area (Å²) in [6.07, 6.45) is -4.90. The first-order valence-corrected chi connectivity index (χ1v) is 12.3. The molecule has 0 unspecified atom stereocenters. The first kappa shape index (κ1) is 25.9. The van der Waals surface area contributed by atoms with E-state index < -0.39 is 22.1 Å². The molecule has 0 radical (unpaired) electrons. The summed E-state index contributed by atoms with van der Waals surface area (Å²) in [7, 11) is -2.79. The highest BCUT2D eigenvalue weighted by molar-refractivity contribution is 7.92.